The number of carbonyl (C=O) groups is 1. The van der Waals surface area contributed by atoms with Crippen LogP contribution in [0.25, 0.3) is 6.08 Å². The van der Waals surface area contributed by atoms with Gasteiger partial charge in [-0.1, -0.05) is 25.8 Å². The molecule has 98 valence electrons. The topological polar surface area (TPSA) is 77.8 Å². The largest absolute Gasteiger partial charge is 0.504 e. The van der Waals surface area contributed by atoms with E-state index in [1.807, 2.05) is 0 Å². The molecule has 0 spiro atoms. The van der Waals surface area contributed by atoms with Gasteiger partial charge in [-0.25, -0.2) is 4.79 Å². The molecule has 18 heavy (non-hydrogen) atoms. The predicted octanol–water partition coefficient (Wildman–Crippen LogP) is 2.93. The third-order valence-corrected chi connectivity index (χ3v) is 2.73. The van der Waals surface area contributed by atoms with Crippen molar-refractivity contribution >= 4 is 12.0 Å². The van der Waals surface area contributed by atoms with Gasteiger partial charge >= 0.3 is 5.97 Å². The molecule has 1 aromatic rings. The monoisotopic (exact) mass is 250 g/mol. The van der Waals surface area contributed by atoms with Crippen LogP contribution in [0, 0.1) is 0 Å². The van der Waals surface area contributed by atoms with E-state index in [1.165, 1.54) is 12.1 Å². The smallest absolute Gasteiger partial charge is 0.328 e. The first-order valence-electron chi connectivity index (χ1n) is 6.01. The van der Waals surface area contributed by atoms with Gasteiger partial charge in [-0.15, -0.1) is 0 Å². The molecule has 0 aliphatic carbocycles. The summed E-state index contributed by atoms with van der Waals surface area (Å²) in [5.74, 6) is -1.37. The Hall–Kier alpha value is -1.97. The van der Waals surface area contributed by atoms with Crippen molar-refractivity contribution in [1.29, 1.82) is 0 Å². The van der Waals surface area contributed by atoms with Gasteiger partial charge < -0.3 is 15.3 Å². The molecule has 0 heterocycles. The van der Waals surface area contributed by atoms with E-state index in [-0.39, 0.29) is 11.5 Å². The van der Waals surface area contributed by atoms with Crippen molar-refractivity contribution < 1.29 is 20.1 Å². The summed E-state index contributed by atoms with van der Waals surface area (Å²) in [6.07, 6.45) is 6.05. The highest BCUT2D eigenvalue weighted by Crippen LogP contribution is 2.33. The molecule has 0 amide bonds. The maximum absolute atomic E-state index is 10.5. The fraction of sp³-hybridized carbons (Fsp3) is 0.357. The third-order valence-electron chi connectivity index (χ3n) is 2.73. The van der Waals surface area contributed by atoms with Gasteiger partial charge in [0, 0.05) is 11.6 Å². The summed E-state index contributed by atoms with van der Waals surface area (Å²) in [5, 5.41) is 27.9. The summed E-state index contributed by atoms with van der Waals surface area (Å²) in [7, 11) is 0. The SMILES string of the molecule is CCCCCc1c(C=CC(=O)O)ccc(O)c1O. The molecule has 0 atom stereocenters. The van der Waals surface area contributed by atoms with Crippen LogP contribution in [0.1, 0.15) is 37.3 Å². The fourth-order valence-corrected chi connectivity index (χ4v) is 1.77. The van der Waals surface area contributed by atoms with Crippen molar-refractivity contribution in [3.63, 3.8) is 0 Å². The van der Waals surface area contributed by atoms with E-state index in [0.717, 1.165) is 25.3 Å². The Bertz CT molecular complexity index is 449. The molecule has 0 bridgehead atoms. The van der Waals surface area contributed by atoms with Crippen LogP contribution in [0.15, 0.2) is 18.2 Å². The highest BCUT2D eigenvalue weighted by atomic mass is 16.4. The van der Waals surface area contributed by atoms with Gasteiger partial charge in [-0.2, -0.15) is 0 Å². The van der Waals surface area contributed by atoms with Crippen LogP contribution in [0.5, 0.6) is 11.5 Å². The minimum atomic E-state index is -1.04. The number of rotatable bonds is 6. The molecular weight excluding hydrogens is 232 g/mol. The maximum Gasteiger partial charge on any atom is 0.328 e. The second-order valence-corrected chi connectivity index (χ2v) is 4.13. The van der Waals surface area contributed by atoms with Crippen LogP contribution in [0.4, 0.5) is 0 Å². The van der Waals surface area contributed by atoms with Crippen LogP contribution in [-0.2, 0) is 11.2 Å². The molecule has 0 saturated carbocycles. The van der Waals surface area contributed by atoms with Crippen LogP contribution < -0.4 is 0 Å². The van der Waals surface area contributed by atoms with Crippen molar-refractivity contribution in [3.8, 4) is 11.5 Å². The highest BCUT2D eigenvalue weighted by Gasteiger charge is 2.10. The molecule has 0 aliphatic heterocycles. The van der Waals surface area contributed by atoms with E-state index in [1.54, 1.807) is 6.07 Å². The van der Waals surface area contributed by atoms with Crippen LogP contribution in [-0.4, -0.2) is 21.3 Å². The Morgan fingerprint density at radius 3 is 2.61 bits per heavy atom. The van der Waals surface area contributed by atoms with Gasteiger partial charge in [-0.3, -0.25) is 0 Å². The first-order chi connectivity index (χ1) is 8.56. The van der Waals surface area contributed by atoms with Crippen molar-refractivity contribution in [2.45, 2.75) is 32.6 Å². The third kappa shape index (κ3) is 3.80. The Morgan fingerprint density at radius 1 is 1.28 bits per heavy atom. The zero-order valence-electron chi connectivity index (χ0n) is 10.4. The molecule has 4 heteroatoms. The number of aliphatic carboxylic acids is 1. The van der Waals surface area contributed by atoms with Crippen molar-refractivity contribution in [1.82, 2.24) is 0 Å². The number of carboxylic acid groups (broad SMARTS) is 1. The molecule has 1 aromatic carbocycles. The summed E-state index contributed by atoms with van der Waals surface area (Å²) in [6.45, 7) is 2.08. The number of hydrogen-bond donors (Lipinski definition) is 3. The van der Waals surface area contributed by atoms with Gasteiger partial charge in [0.1, 0.15) is 0 Å². The molecular formula is C14H18O4. The number of aromatic hydroxyl groups is 2. The highest BCUT2D eigenvalue weighted by molar-refractivity contribution is 5.85. The van der Waals surface area contributed by atoms with Crippen LogP contribution in [0.2, 0.25) is 0 Å². The number of benzene rings is 1. The fourth-order valence-electron chi connectivity index (χ4n) is 1.77. The molecule has 0 aromatic heterocycles. The van der Waals surface area contributed by atoms with Crippen LogP contribution >= 0.6 is 0 Å². The van der Waals surface area contributed by atoms with Crippen molar-refractivity contribution in [3.05, 3.63) is 29.3 Å². The number of unbranched alkanes of at least 4 members (excludes halogenated alkanes) is 2. The summed E-state index contributed by atoms with van der Waals surface area (Å²) in [4.78, 5) is 10.5. The molecule has 0 saturated heterocycles. The average molecular weight is 250 g/mol. The Balaban J connectivity index is 3.01. The lowest BCUT2D eigenvalue weighted by Gasteiger charge is -2.10. The Labute approximate surface area is 106 Å². The normalized spacial score (nSPS) is 10.9. The van der Waals surface area contributed by atoms with E-state index in [4.69, 9.17) is 5.11 Å². The summed E-state index contributed by atoms with van der Waals surface area (Å²) in [6, 6.07) is 2.97. The van der Waals surface area contributed by atoms with Crippen LogP contribution in [0.3, 0.4) is 0 Å². The summed E-state index contributed by atoms with van der Waals surface area (Å²) >= 11 is 0. The van der Waals surface area contributed by atoms with Gasteiger partial charge in [-0.05, 0) is 30.5 Å². The van der Waals surface area contributed by atoms with E-state index in [2.05, 4.69) is 6.92 Å². The average Bonchev–Trinajstić information content (AvgIpc) is 2.33. The molecule has 0 fully saturated rings. The molecule has 4 nitrogen and oxygen atoms in total. The Kier molecular flexibility index (Phi) is 5.24. The lowest BCUT2D eigenvalue weighted by atomic mass is 9.99. The second kappa shape index (κ2) is 6.69. The van der Waals surface area contributed by atoms with E-state index in [0.29, 0.717) is 17.5 Å². The lowest BCUT2D eigenvalue weighted by Crippen LogP contribution is -1.93. The zero-order valence-corrected chi connectivity index (χ0v) is 10.4. The molecule has 3 N–H and O–H groups in total. The minimum Gasteiger partial charge on any atom is -0.504 e. The standard InChI is InChI=1S/C14H18O4/c1-2-3-4-5-11-10(7-9-13(16)17)6-8-12(15)14(11)18/h6-9,15,18H,2-5H2,1H3,(H,16,17). The molecule has 0 radical (unpaired) electrons. The second-order valence-electron chi connectivity index (χ2n) is 4.13. The number of hydrogen-bond acceptors (Lipinski definition) is 3. The lowest BCUT2D eigenvalue weighted by molar-refractivity contribution is -0.131. The number of carboxylic acids is 1. The first-order valence-corrected chi connectivity index (χ1v) is 6.01. The molecule has 0 unspecified atom stereocenters. The quantitative estimate of drug-likeness (QED) is 0.412. The Morgan fingerprint density at radius 2 is 2.00 bits per heavy atom. The summed E-state index contributed by atoms with van der Waals surface area (Å²) < 4.78 is 0. The van der Waals surface area contributed by atoms with Crippen molar-refractivity contribution in [2.75, 3.05) is 0 Å². The van der Waals surface area contributed by atoms with E-state index < -0.39 is 5.97 Å². The molecule has 0 aliphatic rings. The van der Waals surface area contributed by atoms with Gasteiger partial charge in [0.05, 0.1) is 0 Å². The number of phenolic OH excluding ortho intramolecular Hbond substituents is 2. The predicted molar refractivity (Wildman–Crippen MR) is 69.7 cm³/mol. The zero-order chi connectivity index (χ0) is 13.5. The van der Waals surface area contributed by atoms with Gasteiger partial charge in [0.15, 0.2) is 11.5 Å². The summed E-state index contributed by atoms with van der Waals surface area (Å²) in [5.41, 5.74) is 1.23. The number of phenols is 2. The minimum absolute atomic E-state index is 0.154. The van der Waals surface area contributed by atoms with Gasteiger partial charge in [0.2, 0.25) is 0 Å². The van der Waals surface area contributed by atoms with E-state index in [9.17, 15) is 15.0 Å². The van der Waals surface area contributed by atoms with Gasteiger partial charge in [0.25, 0.3) is 0 Å². The van der Waals surface area contributed by atoms with Crippen molar-refractivity contribution in [2.24, 2.45) is 0 Å². The first kappa shape index (κ1) is 14.1. The van der Waals surface area contributed by atoms with E-state index >= 15 is 0 Å². The molecule has 1 rings (SSSR count). The maximum atomic E-state index is 10.5.